The molecule has 214 valence electrons. The molecule has 11 heteroatoms. The highest BCUT2D eigenvalue weighted by Gasteiger charge is 2.55. The maximum Gasteiger partial charge on any atom is 0.303 e. The summed E-state index contributed by atoms with van der Waals surface area (Å²) in [6.45, 7) is 14.1. The molecule has 0 unspecified atom stereocenters. The van der Waals surface area contributed by atoms with Crippen molar-refractivity contribution in [2.45, 2.75) is 103 Å². The topological polar surface area (TPSA) is 116 Å². The van der Waals surface area contributed by atoms with Crippen molar-refractivity contribution < 1.29 is 47.2 Å². The predicted molar refractivity (Wildman–Crippen MR) is 140 cm³/mol. The van der Waals surface area contributed by atoms with Gasteiger partial charge in [-0.25, -0.2) is 0 Å². The molecule has 0 aromatic heterocycles. The summed E-state index contributed by atoms with van der Waals surface area (Å²) in [6, 6.07) is 9.58. The summed E-state index contributed by atoms with van der Waals surface area (Å²) in [5.74, 6) is -1.77. The van der Waals surface area contributed by atoms with Crippen LogP contribution in [0.25, 0.3) is 0 Å². The molecule has 38 heavy (non-hydrogen) atoms. The van der Waals surface area contributed by atoms with Crippen LogP contribution in [0.15, 0.2) is 30.3 Å². The van der Waals surface area contributed by atoms with Gasteiger partial charge in [0.1, 0.15) is 24.9 Å². The van der Waals surface area contributed by atoms with Crippen molar-refractivity contribution >= 4 is 26.2 Å². The van der Waals surface area contributed by atoms with Gasteiger partial charge >= 0.3 is 17.9 Å². The van der Waals surface area contributed by atoms with E-state index in [0.29, 0.717) is 0 Å². The highest BCUT2D eigenvalue weighted by Crippen LogP contribution is 2.41. The maximum absolute atomic E-state index is 12.3. The summed E-state index contributed by atoms with van der Waals surface area (Å²) in [7, 11) is -1.02. The molecule has 1 aromatic carbocycles. The van der Waals surface area contributed by atoms with Crippen molar-refractivity contribution in [3.8, 4) is 0 Å². The van der Waals surface area contributed by atoms with Crippen molar-refractivity contribution in [1.82, 2.24) is 0 Å². The third-order valence-corrected chi connectivity index (χ3v) is 11.2. The summed E-state index contributed by atoms with van der Waals surface area (Å²) in [5, 5.41) is -0.193. The van der Waals surface area contributed by atoms with E-state index in [9.17, 15) is 14.4 Å². The number of hydrogen-bond acceptors (Lipinski definition) is 10. The van der Waals surface area contributed by atoms with Crippen LogP contribution in [-0.2, 0) is 53.8 Å². The molecule has 2 rings (SSSR count). The van der Waals surface area contributed by atoms with Crippen LogP contribution >= 0.6 is 0 Å². The fourth-order valence-corrected chi connectivity index (χ4v) is 5.16. The number of carbonyl (C=O) groups excluding carboxylic acids is 3. The van der Waals surface area contributed by atoms with Crippen LogP contribution in [0, 0.1) is 0 Å². The van der Waals surface area contributed by atoms with Crippen LogP contribution in [0.2, 0.25) is 18.1 Å². The van der Waals surface area contributed by atoms with Crippen molar-refractivity contribution in [2.75, 3.05) is 13.7 Å². The molecule has 0 radical (unpaired) electrons. The van der Waals surface area contributed by atoms with Gasteiger partial charge in [-0.3, -0.25) is 14.4 Å². The molecule has 10 nitrogen and oxygen atoms in total. The number of hydrogen-bond donors (Lipinski definition) is 0. The zero-order valence-electron chi connectivity index (χ0n) is 23.8. The lowest BCUT2D eigenvalue weighted by molar-refractivity contribution is -0.315. The molecule has 1 heterocycles. The standard InChI is InChI=1S/C27H42O10Si/c1-17(28)32-16-21(34-18(2)29)22-23(35-19(3)30)24(37-38(8,9)27(4,5)6)25(26(31-7)36-22)33-15-20-13-11-10-12-14-20/h10-14,21-26H,15-16H2,1-9H3/t21-,22+,23+,24-,25-,26-/m0/s1. The van der Waals surface area contributed by atoms with Crippen molar-refractivity contribution in [3.63, 3.8) is 0 Å². The van der Waals surface area contributed by atoms with Crippen molar-refractivity contribution in [3.05, 3.63) is 35.9 Å². The third kappa shape index (κ3) is 8.87. The lowest BCUT2D eigenvalue weighted by Gasteiger charge is -2.50. The summed E-state index contributed by atoms with van der Waals surface area (Å²) in [5.41, 5.74) is 0.923. The van der Waals surface area contributed by atoms with Gasteiger partial charge in [0.25, 0.3) is 0 Å². The Kier molecular flexibility index (Phi) is 11.5. The van der Waals surface area contributed by atoms with E-state index in [4.69, 9.17) is 32.8 Å². The van der Waals surface area contributed by atoms with E-state index in [0.717, 1.165) is 5.56 Å². The van der Waals surface area contributed by atoms with Gasteiger partial charge in [-0.2, -0.15) is 0 Å². The Morgan fingerprint density at radius 3 is 2.08 bits per heavy atom. The van der Waals surface area contributed by atoms with E-state index in [-0.39, 0.29) is 18.3 Å². The predicted octanol–water partition coefficient (Wildman–Crippen LogP) is 3.76. The zero-order chi connectivity index (χ0) is 28.7. The quantitative estimate of drug-likeness (QED) is 0.227. The average Bonchev–Trinajstić information content (AvgIpc) is 2.81. The molecule has 1 aliphatic heterocycles. The van der Waals surface area contributed by atoms with Crippen LogP contribution in [0.3, 0.4) is 0 Å². The maximum atomic E-state index is 12.3. The molecule has 0 amide bonds. The first kappa shape index (κ1) is 31.9. The molecule has 1 aliphatic rings. The van der Waals surface area contributed by atoms with Gasteiger partial charge in [-0.1, -0.05) is 51.1 Å². The van der Waals surface area contributed by atoms with E-state index >= 15 is 0 Å². The van der Waals surface area contributed by atoms with E-state index in [1.165, 1.54) is 27.9 Å². The van der Waals surface area contributed by atoms with Crippen LogP contribution in [0.5, 0.6) is 0 Å². The molecular weight excluding hydrogens is 512 g/mol. The normalized spacial score (nSPS) is 24.8. The summed E-state index contributed by atoms with van der Waals surface area (Å²) >= 11 is 0. The molecule has 6 atom stereocenters. The molecule has 0 aliphatic carbocycles. The van der Waals surface area contributed by atoms with Crippen LogP contribution in [-0.4, -0.2) is 76.8 Å². The minimum absolute atomic E-state index is 0.193. The van der Waals surface area contributed by atoms with Crippen molar-refractivity contribution in [1.29, 1.82) is 0 Å². The van der Waals surface area contributed by atoms with Gasteiger partial charge in [0.05, 0.1) is 6.61 Å². The number of methoxy groups -OCH3 is 1. The minimum atomic E-state index is -2.49. The monoisotopic (exact) mass is 554 g/mol. The van der Waals surface area contributed by atoms with E-state index in [2.05, 4.69) is 33.9 Å². The highest BCUT2D eigenvalue weighted by molar-refractivity contribution is 6.74. The first-order valence-corrected chi connectivity index (χ1v) is 15.6. The van der Waals surface area contributed by atoms with Gasteiger partial charge < -0.3 is 32.8 Å². The zero-order valence-corrected chi connectivity index (χ0v) is 24.8. The molecule has 1 saturated heterocycles. The van der Waals surface area contributed by atoms with Gasteiger partial charge in [-0.05, 0) is 23.7 Å². The molecule has 0 N–H and O–H groups in total. The lowest BCUT2D eigenvalue weighted by atomic mass is 9.94. The minimum Gasteiger partial charge on any atom is -0.462 e. The van der Waals surface area contributed by atoms with E-state index in [1.807, 2.05) is 30.3 Å². The second-order valence-corrected chi connectivity index (χ2v) is 15.6. The third-order valence-electron chi connectivity index (χ3n) is 6.72. The smallest absolute Gasteiger partial charge is 0.303 e. The summed E-state index contributed by atoms with van der Waals surface area (Å²) in [6.07, 6.45) is -5.85. The van der Waals surface area contributed by atoms with Gasteiger partial charge in [0.15, 0.2) is 26.8 Å². The van der Waals surface area contributed by atoms with Gasteiger partial charge in [0.2, 0.25) is 0 Å². The second-order valence-electron chi connectivity index (χ2n) is 10.8. The SMILES string of the molecule is CO[C@H]1O[C@H]([C@H](COC(C)=O)OC(C)=O)[C@@H](OC(C)=O)[C@H](O[Si](C)(C)C(C)(C)C)[C@@H]1OCc1ccccc1. The number of rotatable bonds is 11. The fraction of sp³-hybridized carbons (Fsp3) is 0.667. The van der Waals surface area contributed by atoms with Crippen molar-refractivity contribution in [2.24, 2.45) is 0 Å². The number of benzene rings is 1. The highest BCUT2D eigenvalue weighted by atomic mass is 28.4. The first-order chi connectivity index (χ1) is 17.7. The molecule has 0 saturated carbocycles. The summed E-state index contributed by atoms with van der Waals surface area (Å²) in [4.78, 5) is 35.9. The van der Waals surface area contributed by atoms with Crippen LogP contribution in [0.4, 0.5) is 0 Å². The largest absolute Gasteiger partial charge is 0.462 e. The van der Waals surface area contributed by atoms with E-state index in [1.54, 1.807) is 0 Å². The number of esters is 3. The molecular formula is C27H42O10Si. The first-order valence-electron chi connectivity index (χ1n) is 12.7. The van der Waals surface area contributed by atoms with Crippen LogP contribution in [0.1, 0.15) is 47.1 Å². The Hall–Kier alpha value is -2.31. The van der Waals surface area contributed by atoms with Gasteiger partial charge in [0, 0.05) is 27.9 Å². The fourth-order valence-electron chi connectivity index (χ4n) is 3.85. The molecule has 0 bridgehead atoms. The van der Waals surface area contributed by atoms with Crippen LogP contribution < -0.4 is 0 Å². The Morgan fingerprint density at radius 2 is 1.58 bits per heavy atom. The molecule has 1 fully saturated rings. The molecule has 0 spiro atoms. The van der Waals surface area contributed by atoms with Gasteiger partial charge in [-0.15, -0.1) is 0 Å². The summed E-state index contributed by atoms with van der Waals surface area (Å²) < 4.78 is 41.5. The lowest BCUT2D eigenvalue weighted by Crippen LogP contribution is -2.66. The number of ether oxygens (including phenoxy) is 6. The number of carbonyl (C=O) groups is 3. The Morgan fingerprint density at radius 1 is 0.947 bits per heavy atom. The average molecular weight is 555 g/mol. The molecule has 1 aromatic rings. The Bertz CT molecular complexity index is 930. The Balaban J connectivity index is 2.56. The second kappa shape index (κ2) is 13.7. The van der Waals surface area contributed by atoms with E-state index < -0.39 is 63.0 Å². The Labute approximate surface area is 226 Å².